The number of pyridine rings is 1. The number of aromatic nitrogens is 5. The monoisotopic (exact) mass is 331 g/mol. The van der Waals surface area contributed by atoms with Crippen molar-refractivity contribution in [1.29, 1.82) is 0 Å². The van der Waals surface area contributed by atoms with Gasteiger partial charge in [-0.25, -0.2) is 4.98 Å². The average molecular weight is 331 g/mol. The Kier molecular flexibility index (Phi) is 3.65. The molecular weight excluding hydrogens is 314 g/mol. The molecule has 0 bridgehead atoms. The normalized spacial score (nSPS) is 11.1. The maximum absolute atomic E-state index is 12.4. The standard InChI is InChI=1S/C19H17N5O/c1-23-12-20-10-18(23)13-3-4-14-8-21-17(6-15(14)5-13)7-19(25)16-9-22-24(2)11-16/h3-6,8-12H,7H2,1-2H3. The first-order valence-electron chi connectivity index (χ1n) is 7.97. The smallest absolute Gasteiger partial charge is 0.171 e. The van der Waals surface area contributed by atoms with Gasteiger partial charge in [-0.2, -0.15) is 5.10 Å². The van der Waals surface area contributed by atoms with Crippen LogP contribution < -0.4 is 0 Å². The van der Waals surface area contributed by atoms with Crippen LogP contribution in [0.3, 0.4) is 0 Å². The van der Waals surface area contributed by atoms with Gasteiger partial charge in [0, 0.05) is 43.1 Å². The largest absolute Gasteiger partial charge is 0.334 e. The molecule has 0 spiro atoms. The fourth-order valence-corrected chi connectivity index (χ4v) is 2.91. The molecule has 0 atom stereocenters. The molecule has 0 saturated heterocycles. The second kappa shape index (κ2) is 5.98. The summed E-state index contributed by atoms with van der Waals surface area (Å²) in [5.41, 5.74) is 3.49. The van der Waals surface area contributed by atoms with E-state index in [0.717, 1.165) is 27.7 Å². The zero-order valence-corrected chi connectivity index (χ0v) is 14.0. The Hall–Kier alpha value is -3.28. The van der Waals surface area contributed by atoms with Crippen molar-refractivity contribution >= 4 is 16.6 Å². The van der Waals surface area contributed by atoms with E-state index in [4.69, 9.17) is 0 Å². The summed E-state index contributed by atoms with van der Waals surface area (Å²) >= 11 is 0. The number of benzene rings is 1. The SMILES string of the molecule is Cn1cc(C(=O)Cc2cc3cc(-c4cncn4C)ccc3cn2)cn1. The summed E-state index contributed by atoms with van der Waals surface area (Å²) < 4.78 is 3.61. The van der Waals surface area contributed by atoms with Gasteiger partial charge in [-0.05, 0) is 17.5 Å². The van der Waals surface area contributed by atoms with Crippen molar-refractivity contribution in [2.75, 3.05) is 0 Å². The van der Waals surface area contributed by atoms with Gasteiger partial charge in [-0.15, -0.1) is 0 Å². The summed E-state index contributed by atoms with van der Waals surface area (Å²) in [4.78, 5) is 20.9. The minimum absolute atomic E-state index is 0.0164. The zero-order chi connectivity index (χ0) is 17.4. The molecule has 6 heteroatoms. The first-order chi connectivity index (χ1) is 12.1. The van der Waals surface area contributed by atoms with E-state index in [9.17, 15) is 4.79 Å². The Morgan fingerprint density at radius 2 is 1.96 bits per heavy atom. The second-order valence-electron chi connectivity index (χ2n) is 6.13. The minimum Gasteiger partial charge on any atom is -0.334 e. The highest BCUT2D eigenvalue weighted by Crippen LogP contribution is 2.24. The first-order valence-corrected chi connectivity index (χ1v) is 7.97. The van der Waals surface area contributed by atoms with Crippen LogP contribution in [0.25, 0.3) is 22.0 Å². The molecule has 3 heterocycles. The third kappa shape index (κ3) is 2.94. The van der Waals surface area contributed by atoms with Crippen LogP contribution in [0.5, 0.6) is 0 Å². The summed E-state index contributed by atoms with van der Waals surface area (Å²) in [6, 6.07) is 8.18. The second-order valence-corrected chi connectivity index (χ2v) is 6.13. The van der Waals surface area contributed by atoms with Gasteiger partial charge in [0.2, 0.25) is 0 Å². The molecule has 124 valence electrons. The van der Waals surface area contributed by atoms with Crippen LogP contribution in [-0.2, 0) is 20.5 Å². The van der Waals surface area contributed by atoms with Crippen LogP contribution in [0.15, 0.2) is 55.4 Å². The van der Waals surface area contributed by atoms with Crippen LogP contribution in [-0.4, -0.2) is 30.1 Å². The van der Waals surface area contributed by atoms with Crippen LogP contribution in [0.2, 0.25) is 0 Å². The van der Waals surface area contributed by atoms with Crippen molar-refractivity contribution in [3.8, 4) is 11.3 Å². The molecule has 0 radical (unpaired) electrons. The molecule has 0 fully saturated rings. The van der Waals surface area contributed by atoms with E-state index >= 15 is 0 Å². The third-order valence-electron chi connectivity index (χ3n) is 4.26. The number of hydrogen-bond acceptors (Lipinski definition) is 4. The van der Waals surface area contributed by atoms with Crippen molar-refractivity contribution in [1.82, 2.24) is 24.3 Å². The lowest BCUT2D eigenvalue weighted by Gasteiger charge is -2.06. The first kappa shape index (κ1) is 15.3. The van der Waals surface area contributed by atoms with Crippen LogP contribution in [0.4, 0.5) is 0 Å². The van der Waals surface area contributed by atoms with E-state index in [1.54, 1.807) is 30.5 Å². The number of nitrogens with zero attached hydrogens (tertiary/aromatic N) is 5. The molecule has 0 aliphatic heterocycles. The summed E-state index contributed by atoms with van der Waals surface area (Å²) in [6.07, 6.45) is 9.01. The van der Waals surface area contributed by atoms with E-state index in [1.807, 2.05) is 36.1 Å². The Morgan fingerprint density at radius 1 is 1.08 bits per heavy atom. The van der Waals surface area contributed by atoms with Gasteiger partial charge < -0.3 is 4.57 Å². The van der Waals surface area contributed by atoms with Gasteiger partial charge in [-0.1, -0.05) is 12.1 Å². The van der Waals surface area contributed by atoms with Gasteiger partial charge in [0.15, 0.2) is 5.78 Å². The highest BCUT2D eigenvalue weighted by molar-refractivity contribution is 5.97. The van der Waals surface area contributed by atoms with Crippen molar-refractivity contribution in [3.63, 3.8) is 0 Å². The topological polar surface area (TPSA) is 65.6 Å². The number of aryl methyl sites for hydroxylation is 2. The van der Waals surface area contributed by atoms with Crippen molar-refractivity contribution in [2.45, 2.75) is 6.42 Å². The third-order valence-corrected chi connectivity index (χ3v) is 4.26. The summed E-state index contributed by atoms with van der Waals surface area (Å²) in [5, 5.41) is 6.15. The lowest BCUT2D eigenvalue weighted by atomic mass is 10.0. The van der Waals surface area contributed by atoms with Crippen molar-refractivity contribution in [2.24, 2.45) is 14.1 Å². The fraction of sp³-hybridized carbons (Fsp3) is 0.158. The highest BCUT2D eigenvalue weighted by Gasteiger charge is 2.11. The summed E-state index contributed by atoms with van der Waals surface area (Å²) in [6.45, 7) is 0. The summed E-state index contributed by atoms with van der Waals surface area (Å²) in [7, 11) is 3.77. The van der Waals surface area contributed by atoms with Crippen LogP contribution in [0, 0.1) is 0 Å². The molecule has 6 nitrogen and oxygen atoms in total. The zero-order valence-electron chi connectivity index (χ0n) is 14.0. The molecular formula is C19H17N5O. The molecule has 0 unspecified atom stereocenters. The van der Waals surface area contributed by atoms with E-state index in [-0.39, 0.29) is 12.2 Å². The fourth-order valence-electron chi connectivity index (χ4n) is 2.91. The van der Waals surface area contributed by atoms with E-state index in [1.165, 1.54) is 0 Å². The predicted molar refractivity (Wildman–Crippen MR) is 95.2 cm³/mol. The maximum atomic E-state index is 12.4. The number of fused-ring (bicyclic) bond motifs is 1. The van der Waals surface area contributed by atoms with Crippen molar-refractivity contribution < 1.29 is 4.79 Å². The molecule has 1 aromatic carbocycles. The van der Waals surface area contributed by atoms with Crippen molar-refractivity contribution in [3.05, 3.63) is 66.6 Å². The van der Waals surface area contributed by atoms with Crippen LogP contribution in [0.1, 0.15) is 16.1 Å². The molecule has 0 saturated carbocycles. The molecule has 4 aromatic rings. The lowest BCUT2D eigenvalue weighted by Crippen LogP contribution is -2.04. The Bertz CT molecular complexity index is 1080. The quantitative estimate of drug-likeness (QED) is 0.539. The van der Waals surface area contributed by atoms with Gasteiger partial charge in [-0.3, -0.25) is 14.5 Å². The molecule has 4 rings (SSSR count). The van der Waals surface area contributed by atoms with Gasteiger partial charge in [0.05, 0.1) is 36.4 Å². The number of imidazole rings is 1. The molecule has 3 aromatic heterocycles. The molecule has 0 N–H and O–H groups in total. The van der Waals surface area contributed by atoms with E-state index < -0.39 is 0 Å². The number of hydrogen-bond donors (Lipinski definition) is 0. The number of ketones is 1. The highest BCUT2D eigenvalue weighted by atomic mass is 16.1. The Labute approximate surface area is 144 Å². The number of carbonyl (C=O) groups is 1. The van der Waals surface area contributed by atoms with Gasteiger partial charge in [0.1, 0.15) is 0 Å². The Morgan fingerprint density at radius 3 is 2.68 bits per heavy atom. The maximum Gasteiger partial charge on any atom is 0.171 e. The van der Waals surface area contributed by atoms with Crippen LogP contribution >= 0.6 is 0 Å². The van der Waals surface area contributed by atoms with Gasteiger partial charge in [0.25, 0.3) is 0 Å². The molecule has 25 heavy (non-hydrogen) atoms. The number of Topliss-reactive ketones (excluding diaryl/α,β-unsaturated/α-hetero) is 1. The molecule has 0 aliphatic carbocycles. The number of rotatable bonds is 4. The van der Waals surface area contributed by atoms with E-state index in [0.29, 0.717) is 5.56 Å². The summed E-state index contributed by atoms with van der Waals surface area (Å²) in [5.74, 6) is 0.0164. The Balaban J connectivity index is 1.67. The minimum atomic E-state index is 0.0164. The molecule has 0 amide bonds. The lowest BCUT2D eigenvalue weighted by molar-refractivity contribution is 0.0992. The average Bonchev–Trinajstić information content (AvgIpc) is 3.22. The molecule has 0 aliphatic rings. The van der Waals surface area contributed by atoms with E-state index in [2.05, 4.69) is 27.2 Å². The number of carbonyl (C=O) groups excluding carboxylic acids is 1. The predicted octanol–water partition coefficient (Wildman–Crippen LogP) is 2.79. The van der Waals surface area contributed by atoms with Gasteiger partial charge >= 0.3 is 0 Å².